The number of halogens is 1. The molecule has 2 aliphatic rings. The number of rotatable bonds is 3. The van der Waals surface area contributed by atoms with Crippen LogP contribution in [0.1, 0.15) is 24.9 Å². The average molecular weight is 348 g/mol. The van der Waals surface area contributed by atoms with Crippen molar-refractivity contribution in [1.82, 2.24) is 9.80 Å². The highest BCUT2D eigenvalue weighted by molar-refractivity contribution is 5.90. The van der Waals surface area contributed by atoms with Gasteiger partial charge in [-0.15, -0.1) is 0 Å². The van der Waals surface area contributed by atoms with Gasteiger partial charge in [-0.3, -0.25) is 14.4 Å². The lowest BCUT2D eigenvalue weighted by Gasteiger charge is -2.28. The SMILES string of the molecule is C[C@@H]1CN(C(=O)C2CC(=O)N(C)C2c2ccc(F)cc2)C[C@H]1C(=O)O. The summed E-state index contributed by atoms with van der Waals surface area (Å²) >= 11 is 0. The van der Waals surface area contributed by atoms with E-state index in [4.69, 9.17) is 0 Å². The Morgan fingerprint density at radius 1 is 1.16 bits per heavy atom. The predicted octanol–water partition coefficient (Wildman–Crippen LogP) is 1.52. The summed E-state index contributed by atoms with van der Waals surface area (Å²) in [6, 6.07) is 5.33. The van der Waals surface area contributed by atoms with Crippen molar-refractivity contribution < 1.29 is 23.9 Å². The van der Waals surface area contributed by atoms with Crippen molar-refractivity contribution in [3.63, 3.8) is 0 Å². The average Bonchev–Trinajstić information content (AvgIpc) is 3.09. The van der Waals surface area contributed by atoms with Crippen LogP contribution in [0.15, 0.2) is 24.3 Å². The van der Waals surface area contributed by atoms with Crippen molar-refractivity contribution >= 4 is 17.8 Å². The molecular weight excluding hydrogens is 327 g/mol. The monoisotopic (exact) mass is 348 g/mol. The van der Waals surface area contributed by atoms with Gasteiger partial charge in [0, 0.05) is 26.6 Å². The number of carboxylic acid groups (broad SMARTS) is 1. The number of carbonyl (C=O) groups is 3. The fourth-order valence-electron chi connectivity index (χ4n) is 3.91. The Hall–Kier alpha value is -2.44. The number of benzene rings is 1. The molecule has 0 aromatic heterocycles. The molecular formula is C18H21FN2O4. The summed E-state index contributed by atoms with van der Waals surface area (Å²) in [5.41, 5.74) is 0.704. The van der Waals surface area contributed by atoms with Crippen molar-refractivity contribution in [3.8, 4) is 0 Å². The van der Waals surface area contributed by atoms with Crippen LogP contribution in [-0.2, 0) is 14.4 Å². The van der Waals surface area contributed by atoms with Gasteiger partial charge in [0.05, 0.1) is 17.9 Å². The van der Waals surface area contributed by atoms with Crippen LogP contribution in [0.5, 0.6) is 0 Å². The highest BCUT2D eigenvalue weighted by Gasteiger charge is 2.47. The zero-order valence-electron chi connectivity index (χ0n) is 14.2. The van der Waals surface area contributed by atoms with E-state index in [1.165, 1.54) is 17.0 Å². The summed E-state index contributed by atoms with van der Waals surface area (Å²) in [5.74, 6) is -2.92. The summed E-state index contributed by atoms with van der Waals surface area (Å²) in [4.78, 5) is 39.5. The Bertz CT molecular complexity index is 706. The molecule has 25 heavy (non-hydrogen) atoms. The molecule has 2 aliphatic heterocycles. The first kappa shape index (κ1) is 17.4. The summed E-state index contributed by atoms with van der Waals surface area (Å²) in [5, 5.41) is 9.25. The van der Waals surface area contributed by atoms with Gasteiger partial charge in [0.25, 0.3) is 0 Å². The third-order valence-corrected chi connectivity index (χ3v) is 5.36. The van der Waals surface area contributed by atoms with Crippen molar-refractivity contribution in [2.24, 2.45) is 17.8 Å². The smallest absolute Gasteiger partial charge is 0.308 e. The zero-order chi connectivity index (χ0) is 18.3. The van der Waals surface area contributed by atoms with E-state index in [-0.39, 0.29) is 36.5 Å². The third kappa shape index (κ3) is 3.10. The molecule has 1 N–H and O–H groups in total. The van der Waals surface area contributed by atoms with E-state index in [0.717, 1.165) is 0 Å². The van der Waals surface area contributed by atoms with Gasteiger partial charge in [-0.1, -0.05) is 19.1 Å². The molecule has 134 valence electrons. The Morgan fingerprint density at radius 3 is 2.36 bits per heavy atom. The molecule has 7 heteroatoms. The molecule has 0 saturated carbocycles. The highest BCUT2D eigenvalue weighted by atomic mass is 19.1. The van der Waals surface area contributed by atoms with E-state index in [1.807, 2.05) is 6.92 Å². The number of carboxylic acids is 1. The molecule has 6 nitrogen and oxygen atoms in total. The molecule has 2 unspecified atom stereocenters. The summed E-state index contributed by atoms with van der Waals surface area (Å²) in [6.45, 7) is 2.36. The van der Waals surface area contributed by atoms with Crippen molar-refractivity contribution in [3.05, 3.63) is 35.6 Å². The van der Waals surface area contributed by atoms with E-state index in [1.54, 1.807) is 24.1 Å². The molecule has 3 rings (SSSR count). The number of likely N-dealkylation sites (tertiary alicyclic amines) is 2. The van der Waals surface area contributed by atoms with Crippen LogP contribution in [0.4, 0.5) is 4.39 Å². The third-order valence-electron chi connectivity index (χ3n) is 5.36. The van der Waals surface area contributed by atoms with Gasteiger partial charge in [-0.05, 0) is 23.6 Å². The molecule has 2 heterocycles. The van der Waals surface area contributed by atoms with Crippen LogP contribution in [-0.4, -0.2) is 52.8 Å². The normalized spacial score (nSPS) is 29.3. The number of nitrogens with zero attached hydrogens (tertiary/aromatic N) is 2. The second-order valence-corrected chi connectivity index (χ2v) is 6.98. The Morgan fingerprint density at radius 2 is 1.80 bits per heavy atom. The quantitative estimate of drug-likeness (QED) is 0.898. The van der Waals surface area contributed by atoms with Crippen LogP contribution >= 0.6 is 0 Å². The van der Waals surface area contributed by atoms with E-state index in [0.29, 0.717) is 12.1 Å². The maximum Gasteiger partial charge on any atom is 0.308 e. The minimum absolute atomic E-state index is 0.0833. The number of hydrogen-bond acceptors (Lipinski definition) is 3. The minimum Gasteiger partial charge on any atom is -0.481 e. The van der Waals surface area contributed by atoms with Crippen LogP contribution in [0, 0.1) is 23.6 Å². The van der Waals surface area contributed by atoms with Gasteiger partial charge < -0.3 is 14.9 Å². The number of hydrogen-bond donors (Lipinski definition) is 1. The second-order valence-electron chi connectivity index (χ2n) is 6.98. The number of carbonyl (C=O) groups excluding carboxylic acids is 2. The van der Waals surface area contributed by atoms with E-state index < -0.39 is 23.8 Å². The maximum atomic E-state index is 13.2. The lowest BCUT2D eigenvalue weighted by molar-refractivity contribution is -0.142. The fraction of sp³-hybridized carbons (Fsp3) is 0.500. The van der Waals surface area contributed by atoms with E-state index in [2.05, 4.69) is 0 Å². The Balaban J connectivity index is 1.84. The molecule has 2 amide bonds. The fourth-order valence-corrected chi connectivity index (χ4v) is 3.91. The Kier molecular flexibility index (Phi) is 4.49. The Labute approximate surface area is 145 Å². The first-order chi connectivity index (χ1) is 11.8. The van der Waals surface area contributed by atoms with Gasteiger partial charge in [0.15, 0.2) is 0 Å². The summed E-state index contributed by atoms with van der Waals surface area (Å²) < 4.78 is 13.2. The zero-order valence-corrected chi connectivity index (χ0v) is 14.2. The van der Waals surface area contributed by atoms with Crippen molar-refractivity contribution in [2.45, 2.75) is 19.4 Å². The van der Waals surface area contributed by atoms with Gasteiger partial charge in [0.1, 0.15) is 5.82 Å². The number of amides is 2. The minimum atomic E-state index is -0.905. The van der Waals surface area contributed by atoms with E-state index >= 15 is 0 Å². The molecule has 0 bridgehead atoms. The molecule has 2 saturated heterocycles. The molecule has 0 radical (unpaired) electrons. The van der Waals surface area contributed by atoms with Crippen LogP contribution in [0.3, 0.4) is 0 Å². The highest BCUT2D eigenvalue weighted by Crippen LogP contribution is 2.39. The van der Waals surface area contributed by atoms with Gasteiger partial charge in [-0.2, -0.15) is 0 Å². The predicted molar refractivity (Wildman–Crippen MR) is 86.9 cm³/mol. The van der Waals surface area contributed by atoms with Gasteiger partial charge in [0.2, 0.25) is 11.8 Å². The van der Waals surface area contributed by atoms with Gasteiger partial charge >= 0.3 is 5.97 Å². The molecule has 1 aromatic carbocycles. The molecule has 0 spiro atoms. The van der Waals surface area contributed by atoms with Crippen molar-refractivity contribution in [1.29, 1.82) is 0 Å². The number of aliphatic carboxylic acids is 1. The maximum absolute atomic E-state index is 13.2. The first-order valence-electron chi connectivity index (χ1n) is 8.32. The molecule has 0 aliphatic carbocycles. The van der Waals surface area contributed by atoms with Crippen LogP contribution < -0.4 is 0 Å². The molecule has 4 atom stereocenters. The molecule has 1 aromatic rings. The van der Waals surface area contributed by atoms with Crippen LogP contribution in [0.2, 0.25) is 0 Å². The standard InChI is InChI=1S/C18H21FN2O4/c1-10-8-21(9-14(10)18(24)25)17(23)13-7-15(22)20(2)16(13)11-3-5-12(19)6-4-11/h3-6,10,13-14,16H,7-9H2,1-2H3,(H,24,25)/t10-,13?,14-,16?/m1/s1. The summed E-state index contributed by atoms with van der Waals surface area (Å²) in [6.07, 6.45) is 0.0833. The van der Waals surface area contributed by atoms with Crippen molar-refractivity contribution in [2.75, 3.05) is 20.1 Å². The van der Waals surface area contributed by atoms with E-state index in [9.17, 15) is 23.9 Å². The second kappa shape index (κ2) is 6.46. The van der Waals surface area contributed by atoms with Gasteiger partial charge in [-0.25, -0.2) is 4.39 Å². The van der Waals surface area contributed by atoms with Crippen LogP contribution in [0.25, 0.3) is 0 Å². The topological polar surface area (TPSA) is 77.9 Å². The lowest BCUT2D eigenvalue weighted by atomic mass is 9.92. The first-order valence-corrected chi connectivity index (χ1v) is 8.32. The largest absolute Gasteiger partial charge is 0.481 e. The molecule has 2 fully saturated rings. The lowest BCUT2D eigenvalue weighted by Crippen LogP contribution is -2.37. The summed E-state index contributed by atoms with van der Waals surface area (Å²) in [7, 11) is 1.64.